The van der Waals surface area contributed by atoms with Gasteiger partial charge in [-0.25, -0.2) is 9.86 Å². The van der Waals surface area contributed by atoms with Crippen molar-refractivity contribution in [2.75, 3.05) is 6.61 Å². The lowest BCUT2D eigenvalue weighted by molar-refractivity contribution is -0.165. The van der Waals surface area contributed by atoms with E-state index in [0.29, 0.717) is 33.9 Å². The second kappa shape index (κ2) is 9.00. The second-order valence-corrected chi connectivity index (χ2v) is 8.49. The van der Waals surface area contributed by atoms with Gasteiger partial charge in [0.2, 0.25) is 0 Å². The molecule has 31 heavy (non-hydrogen) atoms. The van der Waals surface area contributed by atoms with Crippen LogP contribution in [0.3, 0.4) is 0 Å². The van der Waals surface area contributed by atoms with E-state index >= 15 is 0 Å². The number of benzene rings is 2. The number of rotatable bonds is 3. The summed E-state index contributed by atoms with van der Waals surface area (Å²) >= 11 is 17.4. The molecule has 1 aliphatic heterocycles. The zero-order valence-electron chi connectivity index (χ0n) is 16.4. The van der Waals surface area contributed by atoms with Gasteiger partial charge >= 0.3 is 5.82 Å². The minimum Gasteiger partial charge on any atom is -0.504 e. The average Bonchev–Trinajstić information content (AvgIpc) is 3.18. The number of aromatic hydroxyl groups is 2. The van der Waals surface area contributed by atoms with E-state index in [1.807, 2.05) is 0 Å². The standard InChI is InChI=1S/C12H14ClNO4.C8H4Cl2O3/c1-12(2)6-18-14(11(12)17)5-7-3-9(15)10(16)4-8(7)13;9-3-4-1-6-7(2-5(4)10)13-8(11)12-6/h3-4,15-16H,5-6H2,1-2H3;1-2H,3H2. The summed E-state index contributed by atoms with van der Waals surface area (Å²) in [6.45, 7) is 4.04. The van der Waals surface area contributed by atoms with Gasteiger partial charge in [0, 0.05) is 28.1 Å². The Kier molecular flexibility index (Phi) is 6.76. The third-order valence-corrected chi connectivity index (χ3v) is 5.48. The summed E-state index contributed by atoms with van der Waals surface area (Å²) in [7, 11) is 0. The summed E-state index contributed by atoms with van der Waals surface area (Å²) in [4.78, 5) is 27.9. The van der Waals surface area contributed by atoms with Crippen molar-refractivity contribution in [1.29, 1.82) is 0 Å². The fourth-order valence-corrected chi connectivity index (χ4v) is 3.45. The monoisotopic (exact) mass is 489 g/mol. The number of fused-ring (bicyclic) bond motifs is 1. The number of hydrogen-bond donors (Lipinski definition) is 2. The quantitative estimate of drug-likeness (QED) is 0.399. The first-order valence-electron chi connectivity index (χ1n) is 8.95. The minimum absolute atomic E-state index is 0.133. The van der Waals surface area contributed by atoms with Gasteiger partial charge in [-0.15, -0.1) is 11.6 Å². The Balaban J connectivity index is 0.000000185. The number of carbonyl (C=O) groups excluding carboxylic acids is 1. The summed E-state index contributed by atoms with van der Waals surface area (Å²) < 4.78 is 9.42. The zero-order valence-corrected chi connectivity index (χ0v) is 18.7. The number of amides is 1. The lowest BCUT2D eigenvalue weighted by Crippen LogP contribution is -2.30. The highest BCUT2D eigenvalue weighted by Crippen LogP contribution is 2.34. The molecule has 0 saturated carbocycles. The molecule has 0 unspecified atom stereocenters. The fourth-order valence-electron chi connectivity index (χ4n) is 2.72. The number of alkyl halides is 1. The number of phenolic OH excluding ortho intramolecular Hbond substituents is 2. The topological polar surface area (TPSA) is 113 Å². The molecule has 11 heteroatoms. The summed E-state index contributed by atoms with van der Waals surface area (Å²) in [5, 5.41) is 20.6. The molecule has 8 nitrogen and oxygen atoms in total. The molecule has 1 fully saturated rings. The Morgan fingerprint density at radius 1 is 0.968 bits per heavy atom. The highest BCUT2D eigenvalue weighted by atomic mass is 35.5. The fraction of sp³-hybridized carbons (Fsp3) is 0.300. The third kappa shape index (κ3) is 5.10. The minimum atomic E-state index is -0.738. The predicted octanol–water partition coefficient (Wildman–Crippen LogP) is 4.83. The molecule has 1 aromatic heterocycles. The van der Waals surface area contributed by atoms with E-state index in [1.165, 1.54) is 23.3 Å². The summed E-state index contributed by atoms with van der Waals surface area (Å²) in [6, 6.07) is 5.66. The second-order valence-electron chi connectivity index (χ2n) is 7.41. The first-order valence-corrected chi connectivity index (χ1v) is 10.2. The number of hydroxylamine groups is 2. The van der Waals surface area contributed by atoms with E-state index in [9.17, 15) is 19.8 Å². The lowest BCUT2D eigenvalue weighted by atomic mass is 9.95. The van der Waals surface area contributed by atoms with E-state index in [2.05, 4.69) is 0 Å². The van der Waals surface area contributed by atoms with Crippen LogP contribution in [-0.2, 0) is 22.1 Å². The van der Waals surface area contributed by atoms with Gasteiger partial charge in [-0.05, 0) is 37.1 Å². The third-order valence-electron chi connectivity index (χ3n) is 4.49. The average molecular weight is 491 g/mol. The molecule has 2 heterocycles. The van der Waals surface area contributed by atoms with E-state index in [-0.39, 0.29) is 34.9 Å². The molecular formula is C20H18Cl3NO7. The van der Waals surface area contributed by atoms with Crippen LogP contribution in [0.1, 0.15) is 25.0 Å². The van der Waals surface area contributed by atoms with Crippen LogP contribution in [0.25, 0.3) is 11.2 Å². The van der Waals surface area contributed by atoms with Crippen LogP contribution >= 0.6 is 34.8 Å². The predicted molar refractivity (Wildman–Crippen MR) is 114 cm³/mol. The van der Waals surface area contributed by atoms with Crippen molar-refractivity contribution in [1.82, 2.24) is 5.06 Å². The molecule has 0 spiro atoms. The van der Waals surface area contributed by atoms with Crippen LogP contribution < -0.4 is 5.82 Å². The van der Waals surface area contributed by atoms with E-state index in [0.717, 1.165) is 0 Å². The number of halogens is 3. The Labute approximate surface area is 191 Å². The maximum Gasteiger partial charge on any atom is 0.519 e. The normalized spacial score (nSPS) is 15.3. The summed E-state index contributed by atoms with van der Waals surface area (Å²) in [5.74, 6) is -1.18. The number of hydrogen-bond acceptors (Lipinski definition) is 7. The van der Waals surface area contributed by atoms with Crippen LogP contribution in [0.4, 0.5) is 0 Å². The molecule has 4 rings (SSSR count). The summed E-state index contributed by atoms with van der Waals surface area (Å²) in [6.07, 6.45) is 0. The molecule has 1 saturated heterocycles. The van der Waals surface area contributed by atoms with Gasteiger partial charge in [0.05, 0.1) is 18.6 Å². The van der Waals surface area contributed by atoms with Crippen LogP contribution in [0, 0.1) is 5.41 Å². The summed E-state index contributed by atoms with van der Waals surface area (Å²) in [5.41, 5.74) is 1.37. The van der Waals surface area contributed by atoms with E-state index in [4.69, 9.17) is 48.5 Å². The smallest absolute Gasteiger partial charge is 0.504 e. The molecule has 2 N–H and O–H groups in total. The molecule has 1 amide bonds. The largest absolute Gasteiger partial charge is 0.519 e. The Bertz CT molecular complexity index is 1190. The van der Waals surface area contributed by atoms with Gasteiger partial charge in [-0.3, -0.25) is 9.63 Å². The van der Waals surface area contributed by atoms with Gasteiger partial charge in [-0.2, -0.15) is 0 Å². The van der Waals surface area contributed by atoms with Crippen molar-refractivity contribution in [2.24, 2.45) is 5.41 Å². The van der Waals surface area contributed by atoms with Crippen molar-refractivity contribution in [3.63, 3.8) is 0 Å². The molecule has 2 aromatic carbocycles. The van der Waals surface area contributed by atoms with Crippen molar-refractivity contribution < 1.29 is 28.7 Å². The first-order chi connectivity index (χ1) is 14.5. The van der Waals surface area contributed by atoms with Crippen LogP contribution in [0.5, 0.6) is 11.5 Å². The van der Waals surface area contributed by atoms with Crippen molar-refractivity contribution in [3.8, 4) is 11.5 Å². The van der Waals surface area contributed by atoms with Crippen molar-refractivity contribution >= 4 is 51.9 Å². The molecule has 0 bridgehead atoms. The van der Waals surface area contributed by atoms with Gasteiger partial charge in [-0.1, -0.05) is 23.2 Å². The molecule has 0 aliphatic carbocycles. The highest BCUT2D eigenvalue weighted by molar-refractivity contribution is 6.33. The maximum absolute atomic E-state index is 11.9. The molecule has 0 atom stereocenters. The Hall–Kier alpha value is -2.39. The molecular weight excluding hydrogens is 473 g/mol. The van der Waals surface area contributed by atoms with Crippen LogP contribution in [0.2, 0.25) is 10.0 Å². The van der Waals surface area contributed by atoms with Crippen LogP contribution in [0.15, 0.2) is 37.9 Å². The van der Waals surface area contributed by atoms with Crippen molar-refractivity contribution in [2.45, 2.75) is 26.3 Å². The molecule has 3 aromatic rings. The number of nitrogens with zero attached hydrogens (tertiary/aromatic N) is 1. The van der Waals surface area contributed by atoms with Gasteiger partial charge < -0.3 is 19.0 Å². The number of phenols is 2. The molecule has 1 aliphatic rings. The lowest BCUT2D eigenvalue weighted by Gasteiger charge is -2.17. The van der Waals surface area contributed by atoms with E-state index in [1.54, 1.807) is 19.9 Å². The van der Waals surface area contributed by atoms with Crippen molar-refractivity contribution in [3.05, 3.63) is 56.1 Å². The zero-order chi connectivity index (χ0) is 22.9. The molecule has 0 radical (unpaired) electrons. The molecule has 166 valence electrons. The van der Waals surface area contributed by atoms with Gasteiger partial charge in [0.25, 0.3) is 5.91 Å². The Morgan fingerprint density at radius 2 is 1.55 bits per heavy atom. The highest BCUT2D eigenvalue weighted by Gasteiger charge is 2.40. The first kappa shape index (κ1) is 23.3. The SMILES string of the molecule is CC1(C)CON(Cc2cc(O)c(O)cc2Cl)C1=O.O=c1oc2cc(Cl)c(CCl)cc2o1. The van der Waals surface area contributed by atoms with Gasteiger partial charge in [0.15, 0.2) is 22.7 Å². The Morgan fingerprint density at radius 3 is 2.13 bits per heavy atom. The van der Waals surface area contributed by atoms with Crippen LogP contribution in [-0.4, -0.2) is 27.8 Å². The van der Waals surface area contributed by atoms with E-state index < -0.39 is 11.2 Å². The van der Waals surface area contributed by atoms with Gasteiger partial charge in [0.1, 0.15) is 0 Å². The maximum atomic E-state index is 11.9. The number of carbonyl (C=O) groups is 1.